The Hall–Kier alpha value is -2.14. The van der Waals surface area contributed by atoms with Crippen molar-refractivity contribution in [1.29, 1.82) is 0 Å². The second-order valence-electron chi connectivity index (χ2n) is 6.41. The van der Waals surface area contributed by atoms with E-state index < -0.39 is 0 Å². The Morgan fingerprint density at radius 3 is 2.68 bits per heavy atom. The zero-order valence-electron chi connectivity index (χ0n) is 15.3. The predicted octanol–water partition coefficient (Wildman–Crippen LogP) is 1.97. The summed E-state index contributed by atoms with van der Waals surface area (Å²) in [6, 6.07) is 8.87. The maximum Gasteiger partial charge on any atom is 0.246 e. The molecular formula is C20H29N3O2. The van der Waals surface area contributed by atoms with Crippen LogP contribution in [-0.2, 0) is 22.6 Å². The zero-order chi connectivity index (χ0) is 18.2. The Labute approximate surface area is 150 Å². The minimum absolute atomic E-state index is 0.0839. The van der Waals surface area contributed by atoms with Crippen molar-refractivity contribution in [3.8, 4) is 0 Å². The van der Waals surface area contributed by atoms with Crippen LogP contribution in [0.5, 0.6) is 0 Å². The van der Waals surface area contributed by atoms with Crippen molar-refractivity contribution in [3.05, 3.63) is 48.0 Å². The van der Waals surface area contributed by atoms with E-state index in [4.69, 9.17) is 0 Å². The Kier molecular flexibility index (Phi) is 7.19. The monoisotopic (exact) mass is 343 g/mol. The van der Waals surface area contributed by atoms with Crippen molar-refractivity contribution in [3.63, 3.8) is 0 Å². The van der Waals surface area contributed by atoms with Gasteiger partial charge in [-0.2, -0.15) is 0 Å². The van der Waals surface area contributed by atoms with Crippen molar-refractivity contribution in [1.82, 2.24) is 15.1 Å². The lowest BCUT2D eigenvalue weighted by atomic mass is 9.98. The van der Waals surface area contributed by atoms with Crippen molar-refractivity contribution in [2.24, 2.45) is 0 Å². The summed E-state index contributed by atoms with van der Waals surface area (Å²) < 4.78 is 0. The van der Waals surface area contributed by atoms with Crippen molar-refractivity contribution >= 4 is 11.8 Å². The summed E-state index contributed by atoms with van der Waals surface area (Å²) in [6.45, 7) is 10.6. The summed E-state index contributed by atoms with van der Waals surface area (Å²) in [6.07, 6.45) is 3.28. The molecule has 1 atom stereocenters. The number of nitrogens with zero attached hydrogens (tertiary/aromatic N) is 2. The molecule has 0 bridgehead atoms. The third-order valence-corrected chi connectivity index (χ3v) is 4.89. The first-order valence-electron chi connectivity index (χ1n) is 9.07. The van der Waals surface area contributed by atoms with E-state index >= 15 is 0 Å². The topological polar surface area (TPSA) is 52.7 Å². The van der Waals surface area contributed by atoms with Gasteiger partial charge in [-0.25, -0.2) is 0 Å². The molecule has 0 spiro atoms. The van der Waals surface area contributed by atoms with E-state index in [1.807, 2.05) is 6.92 Å². The normalized spacial score (nSPS) is 15.1. The number of carbonyl (C=O) groups excluding carboxylic acids is 2. The number of likely N-dealkylation sites (N-methyl/N-ethyl adjacent to an activating group) is 1. The maximum atomic E-state index is 12.2. The molecule has 1 aromatic carbocycles. The van der Waals surface area contributed by atoms with Crippen LogP contribution in [0, 0.1) is 0 Å². The fourth-order valence-corrected chi connectivity index (χ4v) is 3.30. The predicted molar refractivity (Wildman–Crippen MR) is 100 cm³/mol. The molecule has 1 aliphatic heterocycles. The maximum absolute atomic E-state index is 12.2. The molecule has 5 nitrogen and oxygen atoms in total. The lowest BCUT2D eigenvalue weighted by Gasteiger charge is -2.35. The van der Waals surface area contributed by atoms with Crippen molar-refractivity contribution < 1.29 is 9.59 Å². The highest BCUT2D eigenvalue weighted by Gasteiger charge is 2.23. The zero-order valence-corrected chi connectivity index (χ0v) is 15.3. The Morgan fingerprint density at radius 1 is 1.32 bits per heavy atom. The van der Waals surface area contributed by atoms with Crippen LogP contribution in [0.3, 0.4) is 0 Å². The molecule has 2 amide bonds. The number of amides is 2. The first kappa shape index (κ1) is 19.2. The lowest BCUT2D eigenvalue weighted by molar-refractivity contribution is -0.132. The number of rotatable bonds is 8. The number of fused-ring (bicyclic) bond motifs is 1. The average molecular weight is 343 g/mol. The van der Waals surface area contributed by atoms with E-state index in [-0.39, 0.29) is 18.4 Å². The van der Waals surface area contributed by atoms with Crippen LogP contribution in [-0.4, -0.2) is 53.8 Å². The molecular weight excluding hydrogens is 314 g/mol. The smallest absolute Gasteiger partial charge is 0.246 e. The molecule has 136 valence electrons. The molecule has 1 unspecified atom stereocenters. The van der Waals surface area contributed by atoms with Crippen molar-refractivity contribution in [2.75, 3.05) is 26.2 Å². The second-order valence-corrected chi connectivity index (χ2v) is 6.41. The van der Waals surface area contributed by atoms with Gasteiger partial charge in [0.15, 0.2) is 0 Å². The fraction of sp³-hybridized carbons (Fsp3) is 0.500. The molecule has 0 aromatic heterocycles. The molecule has 0 aliphatic carbocycles. The number of nitrogens with one attached hydrogen (secondary N) is 1. The third kappa shape index (κ3) is 5.16. The minimum atomic E-state index is -0.211. The summed E-state index contributed by atoms with van der Waals surface area (Å²) in [7, 11) is 0. The first-order chi connectivity index (χ1) is 12.1. The molecule has 25 heavy (non-hydrogen) atoms. The van der Waals surface area contributed by atoms with Gasteiger partial charge in [-0.1, -0.05) is 37.8 Å². The van der Waals surface area contributed by atoms with Gasteiger partial charge in [0.05, 0.1) is 6.54 Å². The summed E-state index contributed by atoms with van der Waals surface area (Å²) in [5, 5.41) is 2.99. The average Bonchev–Trinajstić information content (AvgIpc) is 2.65. The molecule has 1 aromatic rings. The third-order valence-electron chi connectivity index (χ3n) is 4.89. The van der Waals surface area contributed by atoms with Crippen LogP contribution in [0.15, 0.2) is 36.9 Å². The number of carbonyl (C=O) groups is 2. The standard InChI is InChI=1S/C20H29N3O2/c1-4-18(13-21-19(24)15-22(6-3)20(25)5-2)23-12-11-16-9-7-8-10-17(16)14-23/h5,7-10,18H,2,4,6,11-15H2,1,3H3,(H,21,24). The van der Waals surface area contributed by atoms with Gasteiger partial charge in [0.2, 0.25) is 11.8 Å². The van der Waals surface area contributed by atoms with Gasteiger partial charge in [-0.15, -0.1) is 0 Å². The second kappa shape index (κ2) is 9.37. The van der Waals surface area contributed by atoms with Gasteiger partial charge in [-0.05, 0) is 37.0 Å². The van der Waals surface area contributed by atoms with Crippen LogP contribution < -0.4 is 5.32 Å². The van der Waals surface area contributed by atoms with Crippen molar-refractivity contribution in [2.45, 2.75) is 39.3 Å². The lowest BCUT2D eigenvalue weighted by Crippen LogP contribution is -2.48. The van der Waals surface area contributed by atoms with Gasteiger partial charge < -0.3 is 10.2 Å². The van der Waals surface area contributed by atoms with E-state index in [9.17, 15) is 9.59 Å². The van der Waals surface area contributed by atoms with Crippen LogP contribution in [0.4, 0.5) is 0 Å². The largest absolute Gasteiger partial charge is 0.353 e. The summed E-state index contributed by atoms with van der Waals surface area (Å²) in [5.41, 5.74) is 2.81. The van der Waals surface area contributed by atoms with E-state index in [1.165, 1.54) is 22.1 Å². The highest BCUT2D eigenvalue weighted by Crippen LogP contribution is 2.21. The molecule has 2 rings (SSSR count). The number of benzene rings is 1. The summed E-state index contributed by atoms with van der Waals surface area (Å²) in [4.78, 5) is 27.8. The Morgan fingerprint density at radius 2 is 2.04 bits per heavy atom. The number of hydrogen-bond donors (Lipinski definition) is 1. The highest BCUT2D eigenvalue weighted by atomic mass is 16.2. The summed E-state index contributed by atoms with van der Waals surface area (Å²) >= 11 is 0. The van der Waals surface area contributed by atoms with E-state index in [1.54, 1.807) is 0 Å². The van der Waals surface area contributed by atoms with E-state index in [0.717, 1.165) is 25.9 Å². The number of hydrogen-bond acceptors (Lipinski definition) is 3. The molecule has 1 aliphatic rings. The van der Waals surface area contributed by atoms with Crippen LogP contribution in [0.2, 0.25) is 0 Å². The van der Waals surface area contributed by atoms with Crippen LogP contribution in [0.25, 0.3) is 0 Å². The minimum Gasteiger partial charge on any atom is -0.353 e. The van der Waals surface area contributed by atoms with Gasteiger partial charge in [0.1, 0.15) is 0 Å². The molecule has 5 heteroatoms. The van der Waals surface area contributed by atoms with Crippen LogP contribution in [0.1, 0.15) is 31.4 Å². The Bertz CT molecular complexity index is 615. The molecule has 1 heterocycles. The van der Waals surface area contributed by atoms with Gasteiger partial charge in [0.25, 0.3) is 0 Å². The van der Waals surface area contributed by atoms with E-state index in [0.29, 0.717) is 19.1 Å². The van der Waals surface area contributed by atoms with E-state index in [2.05, 4.69) is 48.0 Å². The molecule has 0 saturated heterocycles. The quantitative estimate of drug-likeness (QED) is 0.734. The van der Waals surface area contributed by atoms with Gasteiger partial charge >= 0.3 is 0 Å². The van der Waals surface area contributed by atoms with Gasteiger partial charge in [0, 0.05) is 32.2 Å². The molecule has 0 fully saturated rings. The molecule has 0 saturated carbocycles. The van der Waals surface area contributed by atoms with Gasteiger partial charge in [-0.3, -0.25) is 14.5 Å². The first-order valence-corrected chi connectivity index (χ1v) is 9.07. The van der Waals surface area contributed by atoms with Crippen LogP contribution >= 0.6 is 0 Å². The highest BCUT2D eigenvalue weighted by molar-refractivity contribution is 5.90. The fourth-order valence-electron chi connectivity index (χ4n) is 3.30. The SMILES string of the molecule is C=CC(=O)N(CC)CC(=O)NCC(CC)N1CCc2ccccc2C1. The Balaban J connectivity index is 1.87. The summed E-state index contributed by atoms with van der Waals surface area (Å²) in [5.74, 6) is -0.328. The molecule has 0 radical (unpaired) electrons. The molecule has 1 N–H and O–H groups in total.